The number of aliphatic carboxylic acids is 1. The topological polar surface area (TPSA) is 78.5 Å². The maximum absolute atomic E-state index is 11.4. The quantitative estimate of drug-likeness (QED) is 0.159. The number of hydrogen-bond donors (Lipinski definition) is 1. The molecule has 0 spiro atoms. The molecular formula is C20H36NNaO4. The predicted molar refractivity (Wildman–Crippen MR) is 99.1 cm³/mol. The monoisotopic (exact) mass is 377 g/mol. The van der Waals surface area contributed by atoms with E-state index in [0.717, 1.165) is 6.42 Å². The van der Waals surface area contributed by atoms with Crippen LogP contribution in [0.1, 0.15) is 84.0 Å². The second-order valence-corrected chi connectivity index (χ2v) is 6.39. The van der Waals surface area contributed by atoms with E-state index in [2.05, 4.69) is 18.3 Å². The van der Waals surface area contributed by atoms with Crippen LogP contribution in [0.5, 0.6) is 0 Å². The molecular weight excluding hydrogens is 341 g/mol. The third-order valence-corrected chi connectivity index (χ3v) is 3.99. The average molecular weight is 378 g/mol. The van der Waals surface area contributed by atoms with E-state index in [1.807, 2.05) is 6.08 Å². The number of nitrogens with one attached hydrogen (secondary N) is 1. The number of allylic oxidation sites excluding steroid dienone is 1. The van der Waals surface area contributed by atoms with Crippen LogP contribution in [0.25, 0.3) is 0 Å². The molecule has 0 aliphatic rings. The van der Waals surface area contributed by atoms with Gasteiger partial charge in [0.05, 0.1) is 6.42 Å². The molecule has 0 aliphatic heterocycles. The van der Waals surface area contributed by atoms with Crippen LogP contribution in [-0.4, -0.2) is 31.6 Å². The molecule has 0 saturated heterocycles. The molecule has 0 aromatic heterocycles. The van der Waals surface area contributed by atoms with Crippen molar-refractivity contribution in [2.75, 3.05) is 19.7 Å². The number of hydrogen-bond acceptors (Lipinski definition) is 5. The molecule has 146 valence electrons. The van der Waals surface area contributed by atoms with Crippen LogP contribution >= 0.6 is 0 Å². The third kappa shape index (κ3) is 23.6. The first-order valence-corrected chi connectivity index (χ1v) is 9.88. The summed E-state index contributed by atoms with van der Waals surface area (Å²) in [6.45, 7) is 3.30. The zero-order valence-corrected chi connectivity index (χ0v) is 18.9. The van der Waals surface area contributed by atoms with Crippen molar-refractivity contribution >= 4 is 11.9 Å². The van der Waals surface area contributed by atoms with Gasteiger partial charge in [-0.1, -0.05) is 70.4 Å². The van der Waals surface area contributed by atoms with Crippen LogP contribution in [0.2, 0.25) is 0 Å². The van der Waals surface area contributed by atoms with Gasteiger partial charge in [0.25, 0.3) is 0 Å². The van der Waals surface area contributed by atoms with Gasteiger partial charge in [0.1, 0.15) is 6.61 Å². The number of carboxylic acid groups (broad SMARTS) is 1. The number of esters is 1. The number of ether oxygens (including phenoxy) is 1. The Labute approximate surface area is 181 Å². The molecule has 0 unspecified atom stereocenters. The number of carboxylic acids is 1. The van der Waals surface area contributed by atoms with Crippen molar-refractivity contribution in [2.24, 2.45) is 0 Å². The second-order valence-electron chi connectivity index (χ2n) is 6.39. The molecule has 0 atom stereocenters. The molecule has 0 bridgehead atoms. The first-order valence-electron chi connectivity index (χ1n) is 9.88. The molecule has 1 N–H and O–H groups in total. The molecule has 0 aromatic rings. The molecule has 0 radical (unpaired) electrons. The van der Waals surface area contributed by atoms with Crippen LogP contribution in [-0.2, 0) is 14.3 Å². The van der Waals surface area contributed by atoms with Crippen molar-refractivity contribution in [1.29, 1.82) is 0 Å². The van der Waals surface area contributed by atoms with E-state index >= 15 is 0 Å². The van der Waals surface area contributed by atoms with Gasteiger partial charge in [0.15, 0.2) is 0 Å². The summed E-state index contributed by atoms with van der Waals surface area (Å²) in [5.41, 5.74) is 0. The standard InChI is InChI=1S/C20H37NO4.Na/c1-2-3-4-5-6-7-8-9-10-11-12-13-18-25-20(24)15-17-21-16-14-19(22)23;/h12-13,21H,2-11,14-18H2,1H3,(H,22,23);/q;+1/p-1. The maximum atomic E-state index is 11.4. The zero-order chi connectivity index (χ0) is 18.6. The Bertz CT molecular complexity index is 362. The fourth-order valence-corrected chi connectivity index (χ4v) is 2.48. The Kier molecular flexibility index (Phi) is 24.3. The van der Waals surface area contributed by atoms with Crippen molar-refractivity contribution < 1.29 is 49.0 Å². The predicted octanol–water partition coefficient (Wildman–Crippen LogP) is 0.130. The van der Waals surface area contributed by atoms with E-state index in [-0.39, 0.29) is 48.4 Å². The van der Waals surface area contributed by atoms with E-state index < -0.39 is 5.97 Å². The summed E-state index contributed by atoms with van der Waals surface area (Å²) in [7, 11) is 0. The van der Waals surface area contributed by atoms with E-state index in [1.54, 1.807) is 0 Å². The van der Waals surface area contributed by atoms with Gasteiger partial charge >= 0.3 is 35.5 Å². The normalized spacial score (nSPS) is 10.7. The molecule has 26 heavy (non-hydrogen) atoms. The van der Waals surface area contributed by atoms with E-state index in [9.17, 15) is 14.7 Å². The van der Waals surface area contributed by atoms with Gasteiger partial charge in [-0.05, 0) is 19.3 Å². The van der Waals surface area contributed by atoms with Crippen molar-refractivity contribution in [3.05, 3.63) is 12.2 Å². The summed E-state index contributed by atoms with van der Waals surface area (Å²) >= 11 is 0. The largest absolute Gasteiger partial charge is 1.00 e. The molecule has 0 fully saturated rings. The molecule has 0 aromatic carbocycles. The summed E-state index contributed by atoms with van der Waals surface area (Å²) in [5.74, 6) is -1.36. The first kappa shape index (κ1) is 27.9. The number of rotatable bonds is 18. The van der Waals surface area contributed by atoms with Crippen LogP contribution in [0.15, 0.2) is 12.2 Å². The summed E-state index contributed by atoms with van der Waals surface area (Å²) in [6.07, 6.45) is 17.2. The van der Waals surface area contributed by atoms with E-state index in [1.165, 1.54) is 57.8 Å². The Morgan fingerprint density at radius 1 is 0.885 bits per heavy atom. The van der Waals surface area contributed by atoms with Gasteiger partial charge in [-0.3, -0.25) is 4.79 Å². The van der Waals surface area contributed by atoms with Gasteiger partial charge in [-0.2, -0.15) is 0 Å². The van der Waals surface area contributed by atoms with Crippen LogP contribution in [0.4, 0.5) is 0 Å². The van der Waals surface area contributed by atoms with Gasteiger partial charge < -0.3 is 20.0 Å². The molecule has 0 rings (SSSR count). The van der Waals surface area contributed by atoms with Gasteiger partial charge in [0.2, 0.25) is 0 Å². The molecule has 0 heterocycles. The molecule has 5 nitrogen and oxygen atoms in total. The first-order chi connectivity index (χ1) is 12.2. The SMILES string of the molecule is CCCCCCCCCCCC=CCOC(=O)CCNCCC(=O)[O-].[Na+]. The maximum Gasteiger partial charge on any atom is 1.00 e. The molecule has 6 heteroatoms. The van der Waals surface area contributed by atoms with Gasteiger partial charge in [-0.25, -0.2) is 0 Å². The molecule has 0 aliphatic carbocycles. The fourth-order valence-electron chi connectivity index (χ4n) is 2.48. The van der Waals surface area contributed by atoms with E-state index in [4.69, 9.17) is 4.74 Å². The van der Waals surface area contributed by atoms with Crippen molar-refractivity contribution in [1.82, 2.24) is 5.32 Å². The average Bonchev–Trinajstić information content (AvgIpc) is 2.58. The Balaban J connectivity index is 0. The summed E-state index contributed by atoms with van der Waals surface area (Å²) in [6, 6.07) is 0. The summed E-state index contributed by atoms with van der Waals surface area (Å²) in [4.78, 5) is 21.6. The minimum Gasteiger partial charge on any atom is -0.550 e. The second kappa shape index (κ2) is 22.7. The Morgan fingerprint density at radius 3 is 2.08 bits per heavy atom. The minimum absolute atomic E-state index is 0. The zero-order valence-electron chi connectivity index (χ0n) is 16.9. The summed E-state index contributed by atoms with van der Waals surface area (Å²) < 4.78 is 5.07. The van der Waals surface area contributed by atoms with Gasteiger partial charge in [0, 0.05) is 19.1 Å². The summed E-state index contributed by atoms with van der Waals surface area (Å²) in [5, 5.41) is 13.1. The van der Waals surface area contributed by atoms with Crippen LogP contribution < -0.4 is 40.0 Å². The third-order valence-electron chi connectivity index (χ3n) is 3.99. The Morgan fingerprint density at radius 2 is 1.46 bits per heavy atom. The number of carbonyl (C=O) groups excluding carboxylic acids is 2. The molecule has 0 saturated carbocycles. The number of unbranched alkanes of at least 4 members (excludes halogenated alkanes) is 9. The Hall–Kier alpha value is -0.360. The van der Waals surface area contributed by atoms with Crippen molar-refractivity contribution in [3.63, 3.8) is 0 Å². The number of carbonyl (C=O) groups is 2. The molecule has 0 amide bonds. The van der Waals surface area contributed by atoms with Gasteiger partial charge in [-0.15, -0.1) is 0 Å². The van der Waals surface area contributed by atoms with Crippen LogP contribution in [0.3, 0.4) is 0 Å². The minimum atomic E-state index is -1.09. The smallest absolute Gasteiger partial charge is 0.550 e. The fraction of sp³-hybridized carbons (Fsp3) is 0.800. The van der Waals surface area contributed by atoms with Crippen molar-refractivity contribution in [2.45, 2.75) is 84.0 Å². The van der Waals surface area contributed by atoms with Crippen molar-refractivity contribution in [3.8, 4) is 0 Å². The van der Waals surface area contributed by atoms with Crippen LogP contribution in [0, 0.1) is 0 Å². The van der Waals surface area contributed by atoms with E-state index in [0.29, 0.717) is 19.7 Å².